The third kappa shape index (κ3) is 6.17. The lowest BCUT2D eigenvalue weighted by molar-refractivity contribution is -0.299. The van der Waals surface area contributed by atoms with Crippen molar-refractivity contribution in [2.75, 3.05) is 13.7 Å². The molecule has 1 saturated heterocycles. The van der Waals surface area contributed by atoms with Gasteiger partial charge in [-0.25, -0.2) is 0 Å². The number of allylic oxidation sites excluding steroid dienone is 2. The highest BCUT2D eigenvalue weighted by Crippen LogP contribution is 2.34. The molecule has 13 nitrogen and oxygen atoms in total. The van der Waals surface area contributed by atoms with E-state index >= 15 is 0 Å². The lowest BCUT2D eigenvalue weighted by Gasteiger charge is -2.44. The van der Waals surface area contributed by atoms with Crippen molar-refractivity contribution < 1.29 is 61.9 Å². The number of fused-ring (bicyclic) bond motifs is 1. The summed E-state index contributed by atoms with van der Waals surface area (Å²) in [6.45, 7) is 3.83. The minimum Gasteiger partial charge on any atom is -0.489 e. The molecule has 1 aliphatic carbocycles. The Kier molecular flexibility index (Phi) is 8.84. The molecular weight excluding hydrogens is 508 g/mol. The highest BCUT2D eigenvalue weighted by atomic mass is 16.7. The van der Waals surface area contributed by atoms with Crippen LogP contribution in [0.15, 0.2) is 35.8 Å². The normalized spacial score (nSPS) is 24.6. The van der Waals surface area contributed by atoms with Gasteiger partial charge in [-0.3, -0.25) is 28.8 Å². The van der Waals surface area contributed by atoms with Crippen molar-refractivity contribution in [2.45, 2.75) is 58.4 Å². The Morgan fingerprint density at radius 1 is 0.737 bits per heavy atom. The van der Waals surface area contributed by atoms with Gasteiger partial charge in [0, 0.05) is 38.8 Å². The molecule has 0 N–H and O–H groups in total. The third-order valence-electron chi connectivity index (χ3n) is 5.42. The van der Waals surface area contributed by atoms with Gasteiger partial charge in [0.2, 0.25) is 35.5 Å². The SMILES string of the molecule is COC1=C(OC2OC(COC(C)=O)C(OC(C)=O)C(OC(C)=O)C2OC(C)=O)C(=O)c2ccccc2C1=O. The highest BCUT2D eigenvalue weighted by Gasteiger charge is 2.54. The predicted octanol–water partition coefficient (Wildman–Crippen LogP) is 1.02. The number of rotatable bonds is 8. The zero-order valence-electron chi connectivity index (χ0n) is 21.2. The average Bonchev–Trinajstić information content (AvgIpc) is 2.84. The molecule has 1 aliphatic heterocycles. The fourth-order valence-corrected chi connectivity index (χ4v) is 4.02. The molecule has 204 valence electrons. The van der Waals surface area contributed by atoms with Crippen LogP contribution in [0.3, 0.4) is 0 Å². The summed E-state index contributed by atoms with van der Waals surface area (Å²) in [5.74, 6) is -5.59. The second-order valence-electron chi connectivity index (χ2n) is 8.25. The minimum absolute atomic E-state index is 0.0268. The zero-order chi connectivity index (χ0) is 28.1. The van der Waals surface area contributed by atoms with Gasteiger partial charge in [0.05, 0.1) is 7.11 Å². The maximum atomic E-state index is 13.3. The third-order valence-corrected chi connectivity index (χ3v) is 5.42. The predicted molar refractivity (Wildman–Crippen MR) is 122 cm³/mol. The van der Waals surface area contributed by atoms with Crippen molar-refractivity contribution in [1.29, 1.82) is 0 Å². The molecule has 3 rings (SSSR count). The second kappa shape index (κ2) is 11.9. The number of benzene rings is 1. The van der Waals surface area contributed by atoms with Crippen molar-refractivity contribution in [2.24, 2.45) is 0 Å². The quantitative estimate of drug-likeness (QED) is 0.343. The summed E-state index contributed by atoms with van der Waals surface area (Å²) in [6.07, 6.45) is -7.55. The van der Waals surface area contributed by atoms with E-state index in [0.29, 0.717) is 0 Å². The lowest BCUT2D eigenvalue weighted by atomic mass is 9.92. The van der Waals surface area contributed by atoms with E-state index in [1.165, 1.54) is 12.1 Å². The Morgan fingerprint density at radius 2 is 1.24 bits per heavy atom. The number of Topliss-reactive ketones (excluding diaryl/α,β-unsaturated/α-hetero) is 2. The van der Waals surface area contributed by atoms with Crippen LogP contribution in [0.4, 0.5) is 0 Å². The van der Waals surface area contributed by atoms with Crippen molar-refractivity contribution in [1.82, 2.24) is 0 Å². The molecule has 1 aromatic carbocycles. The highest BCUT2D eigenvalue weighted by molar-refractivity contribution is 6.25. The van der Waals surface area contributed by atoms with Gasteiger partial charge in [-0.1, -0.05) is 24.3 Å². The number of hydrogen-bond donors (Lipinski definition) is 0. The van der Waals surface area contributed by atoms with Gasteiger partial charge in [-0.15, -0.1) is 0 Å². The van der Waals surface area contributed by atoms with Gasteiger partial charge in [-0.05, 0) is 0 Å². The fraction of sp³-hybridized carbons (Fsp3) is 0.440. The Balaban J connectivity index is 2.09. The minimum atomic E-state index is -1.71. The molecule has 0 radical (unpaired) electrons. The van der Waals surface area contributed by atoms with Crippen LogP contribution in [0, 0.1) is 0 Å². The number of carbonyl (C=O) groups excluding carboxylic acids is 6. The number of hydrogen-bond acceptors (Lipinski definition) is 13. The Bertz CT molecular complexity index is 1180. The molecule has 1 fully saturated rings. The van der Waals surface area contributed by atoms with Crippen molar-refractivity contribution in [3.05, 3.63) is 46.9 Å². The van der Waals surface area contributed by atoms with Crippen LogP contribution in [-0.2, 0) is 52.3 Å². The molecule has 38 heavy (non-hydrogen) atoms. The molecule has 0 amide bonds. The van der Waals surface area contributed by atoms with Crippen LogP contribution < -0.4 is 0 Å². The van der Waals surface area contributed by atoms with Crippen LogP contribution in [0.2, 0.25) is 0 Å². The standard InChI is InChI=1S/C25H26O13/c1-11(26)33-10-17-20(34-12(2)27)23(35-13(3)28)24(36-14(4)29)25(37-17)38-22-19(31)16-9-7-6-8-15(16)18(30)21(22)32-5/h6-9,17,20,23-25H,10H2,1-5H3. The van der Waals surface area contributed by atoms with E-state index in [0.717, 1.165) is 34.8 Å². The van der Waals surface area contributed by atoms with Crippen LogP contribution in [0.1, 0.15) is 48.4 Å². The summed E-state index contributed by atoms with van der Waals surface area (Å²) in [5, 5.41) is 0. The Labute approximate surface area is 216 Å². The number of carbonyl (C=O) groups is 6. The molecule has 5 unspecified atom stereocenters. The molecule has 5 atom stereocenters. The van der Waals surface area contributed by atoms with E-state index in [4.69, 9.17) is 33.2 Å². The van der Waals surface area contributed by atoms with Gasteiger partial charge in [0.1, 0.15) is 12.7 Å². The molecule has 1 heterocycles. The van der Waals surface area contributed by atoms with Crippen molar-refractivity contribution >= 4 is 35.4 Å². The first-order chi connectivity index (χ1) is 17.9. The lowest BCUT2D eigenvalue weighted by Crippen LogP contribution is -2.63. The summed E-state index contributed by atoms with van der Waals surface area (Å²) >= 11 is 0. The van der Waals surface area contributed by atoms with Gasteiger partial charge in [0.15, 0.2) is 12.2 Å². The van der Waals surface area contributed by atoms with Crippen molar-refractivity contribution in [3.63, 3.8) is 0 Å². The Morgan fingerprint density at radius 3 is 1.74 bits per heavy atom. The first-order valence-electron chi connectivity index (χ1n) is 11.4. The smallest absolute Gasteiger partial charge is 0.303 e. The summed E-state index contributed by atoms with van der Waals surface area (Å²) in [6, 6.07) is 5.98. The van der Waals surface area contributed by atoms with Gasteiger partial charge >= 0.3 is 23.9 Å². The van der Waals surface area contributed by atoms with Gasteiger partial charge < -0.3 is 33.2 Å². The first kappa shape index (κ1) is 28.3. The topological polar surface area (TPSA) is 167 Å². The summed E-state index contributed by atoms with van der Waals surface area (Å²) in [5.41, 5.74) is 0.113. The van der Waals surface area contributed by atoms with Crippen LogP contribution in [0.25, 0.3) is 0 Å². The Hall–Kier alpha value is -4.26. The van der Waals surface area contributed by atoms with Gasteiger partial charge in [-0.2, -0.15) is 0 Å². The molecule has 13 heteroatoms. The maximum Gasteiger partial charge on any atom is 0.303 e. The average molecular weight is 534 g/mol. The van der Waals surface area contributed by atoms with E-state index in [2.05, 4.69) is 0 Å². The van der Waals surface area contributed by atoms with E-state index < -0.39 is 84.3 Å². The first-order valence-corrected chi connectivity index (χ1v) is 11.4. The molecular formula is C25H26O13. The maximum absolute atomic E-state index is 13.3. The van der Waals surface area contributed by atoms with Crippen LogP contribution in [0.5, 0.6) is 0 Å². The molecule has 0 spiro atoms. The summed E-state index contributed by atoms with van der Waals surface area (Å²) in [4.78, 5) is 73.6. The zero-order valence-corrected chi connectivity index (χ0v) is 21.2. The molecule has 0 bridgehead atoms. The molecule has 0 saturated carbocycles. The van der Waals surface area contributed by atoms with Crippen LogP contribution >= 0.6 is 0 Å². The van der Waals surface area contributed by atoms with E-state index in [-0.39, 0.29) is 11.1 Å². The van der Waals surface area contributed by atoms with Crippen molar-refractivity contribution in [3.8, 4) is 0 Å². The molecule has 1 aromatic rings. The number of ether oxygens (including phenoxy) is 7. The van der Waals surface area contributed by atoms with E-state index in [1.54, 1.807) is 12.1 Å². The number of esters is 4. The van der Waals surface area contributed by atoms with Gasteiger partial charge in [0.25, 0.3) is 0 Å². The number of ketones is 2. The molecule has 2 aliphatic rings. The second-order valence-corrected chi connectivity index (χ2v) is 8.25. The van der Waals surface area contributed by atoms with E-state index in [9.17, 15) is 28.8 Å². The fourth-order valence-electron chi connectivity index (χ4n) is 4.02. The number of methoxy groups -OCH3 is 1. The molecule has 0 aromatic heterocycles. The van der Waals surface area contributed by atoms with Crippen LogP contribution in [-0.4, -0.2) is 79.9 Å². The largest absolute Gasteiger partial charge is 0.489 e. The summed E-state index contributed by atoms with van der Waals surface area (Å²) in [7, 11) is 1.16. The summed E-state index contributed by atoms with van der Waals surface area (Å²) < 4.78 is 37.8. The monoisotopic (exact) mass is 534 g/mol. The van der Waals surface area contributed by atoms with E-state index in [1.807, 2.05) is 0 Å².